The minimum Gasteiger partial charge on any atom is -0.353 e. The Morgan fingerprint density at radius 2 is 2.00 bits per heavy atom. The van der Waals surface area contributed by atoms with Crippen molar-refractivity contribution in [1.82, 2.24) is 9.97 Å². The second-order valence-corrected chi connectivity index (χ2v) is 5.32. The van der Waals surface area contributed by atoms with E-state index in [1.54, 1.807) is 0 Å². The molecular formula is C15H15N3. The van der Waals surface area contributed by atoms with Crippen molar-refractivity contribution in [2.24, 2.45) is 5.73 Å². The second kappa shape index (κ2) is 3.33. The molecule has 4 rings (SSSR count). The van der Waals surface area contributed by atoms with E-state index in [-0.39, 0.29) is 5.54 Å². The number of aromatic amines is 1. The average Bonchev–Trinajstić information content (AvgIpc) is 2.73. The first-order valence-corrected chi connectivity index (χ1v) is 6.41. The number of nitrogens with two attached hydrogens (primary N) is 1. The molecule has 2 aromatic heterocycles. The van der Waals surface area contributed by atoms with Crippen molar-refractivity contribution in [2.45, 2.75) is 24.8 Å². The predicted molar refractivity (Wildman–Crippen MR) is 73.3 cm³/mol. The molecule has 0 spiro atoms. The van der Waals surface area contributed by atoms with Gasteiger partial charge < -0.3 is 10.7 Å². The van der Waals surface area contributed by atoms with Crippen LogP contribution in [0.3, 0.4) is 0 Å². The van der Waals surface area contributed by atoms with Crippen LogP contribution >= 0.6 is 0 Å². The normalized spacial score (nSPS) is 18.1. The zero-order valence-corrected chi connectivity index (χ0v) is 10.1. The molecule has 0 radical (unpaired) electrons. The molecule has 1 aliphatic rings. The minimum absolute atomic E-state index is 0.0924. The molecule has 0 amide bonds. The Hall–Kier alpha value is -1.87. The van der Waals surface area contributed by atoms with Crippen molar-refractivity contribution in [2.75, 3.05) is 0 Å². The summed E-state index contributed by atoms with van der Waals surface area (Å²) in [4.78, 5) is 7.54. The molecule has 1 fully saturated rings. The van der Waals surface area contributed by atoms with Crippen LogP contribution in [-0.2, 0) is 5.54 Å². The van der Waals surface area contributed by atoms with Gasteiger partial charge in [0.2, 0.25) is 0 Å². The summed E-state index contributed by atoms with van der Waals surface area (Å²) >= 11 is 0. The number of aromatic nitrogens is 2. The summed E-state index contributed by atoms with van der Waals surface area (Å²) in [6.07, 6.45) is 7.15. The quantitative estimate of drug-likeness (QED) is 0.683. The van der Waals surface area contributed by atoms with Crippen LogP contribution in [0.15, 0.2) is 36.7 Å². The Kier molecular flexibility index (Phi) is 1.87. The van der Waals surface area contributed by atoms with E-state index in [2.05, 4.69) is 34.2 Å². The number of hydrogen-bond donors (Lipinski definition) is 2. The van der Waals surface area contributed by atoms with Crippen LogP contribution in [-0.4, -0.2) is 9.97 Å². The Bertz CT molecular complexity index is 738. The van der Waals surface area contributed by atoms with E-state index in [9.17, 15) is 0 Å². The van der Waals surface area contributed by atoms with Gasteiger partial charge in [-0.3, -0.25) is 4.98 Å². The molecule has 0 aliphatic heterocycles. The molecule has 0 bridgehead atoms. The Balaban J connectivity index is 2.01. The lowest BCUT2D eigenvalue weighted by Gasteiger charge is -2.38. The molecule has 3 aromatic rings. The lowest BCUT2D eigenvalue weighted by atomic mass is 9.72. The number of pyridine rings is 1. The number of hydrogen-bond acceptors (Lipinski definition) is 2. The summed E-state index contributed by atoms with van der Waals surface area (Å²) in [6.45, 7) is 0. The fourth-order valence-corrected chi connectivity index (χ4v) is 2.91. The number of H-pyrrole nitrogens is 1. The number of benzene rings is 1. The summed E-state index contributed by atoms with van der Waals surface area (Å²) in [6, 6.07) is 8.59. The van der Waals surface area contributed by atoms with E-state index >= 15 is 0 Å². The minimum atomic E-state index is -0.0924. The van der Waals surface area contributed by atoms with Crippen molar-refractivity contribution in [3.8, 4) is 0 Å². The van der Waals surface area contributed by atoms with Crippen molar-refractivity contribution in [3.05, 3.63) is 42.2 Å². The lowest BCUT2D eigenvalue weighted by Crippen LogP contribution is -2.43. The molecule has 18 heavy (non-hydrogen) atoms. The molecular weight excluding hydrogens is 222 g/mol. The van der Waals surface area contributed by atoms with Crippen molar-refractivity contribution in [1.29, 1.82) is 0 Å². The molecule has 1 aromatic carbocycles. The molecule has 3 N–H and O–H groups in total. The average molecular weight is 237 g/mol. The zero-order valence-electron chi connectivity index (χ0n) is 10.1. The first kappa shape index (κ1) is 10.1. The molecule has 0 saturated heterocycles. The summed E-state index contributed by atoms with van der Waals surface area (Å²) in [5.74, 6) is 0. The summed E-state index contributed by atoms with van der Waals surface area (Å²) in [5.41, 5.74) is 9.82. The third-order valence-electron chi connectivity index (χ3n) is 4.22. The molecule has 3 heteroatoms. The topological polar surface area (TPSA) is 54.7 Å². The molecule has 90 valence electrons. The first-order valence-electron chi connectivity index (χ1n) is 6.41. The van der Waals surface area contributed by atoms with E-state index in [1.807, 2.05) is 12.4 Å². The number of rotatable bonds is 1. The van der Waals surface area contributed by atoms with E-state index in [4.69, 9.17) is 5.73 Å². The van der Waals surface area contributed by atoms with E-state index in [1.165, 1.54) is 22.8 Å². The highest BCUT2D eigenvalue weighted by molar-refractivity contribution is 6.07. The second-order valence-electron chi connectivity index (χ2n) is 5.32. The Labute approximate surface area is 105 Å². The van der Waals surface area contributed by atoms with Crippen LogP contribution < -0.4 is 5.73 Å². The van der Waals surface area contributed by atoms with Gasteiger partial charge in [0, 0.05) is 28.0 Å². The molecule has 1 saturated carbocycles. The third-order valence-corrected chi connectivity index (χ3v) is 4.22. The summed E-state index contributed by atoms with van der Waals surface area (Å²) in [5, 5.41) is 2.48. The number of fused-ring (bicyclic) bond motifs is 3. The highest BCUT2D eigenvalue weighted by Crippen LogP contribution is 2.40. The fraction of sp³-hybridized carbons (Fsp3) is 0.267. The van der Waals surface area contributed by atoms with Crippen molar-refractivity contribution >= 4 is 21.8 Å². The van der Waals surface area contributed by atoms with Crippen LogP contribution in [0.2, 0.25) is 0 Å². The van der Waals surface area contributed by atoms with Crippen molar-refractivity contribution in [3.63, 3.8) is 0 Å². The maximum Gasteiger partial charge on any atom is 0.0651 e. The number of nitrogens with zero attached hydrogens (tertiary/aromatic N) is 1. The molecule has 0 atom stereocenters. The molecule has 2 heterocycles. The largest absolute Gasteiger partial charge is 0.353 e. The maximum absolute atomic E-state index is 6.41. The van der Waals surface area contributed by atoms with Gasteiger partial charge in [-0.2, -0.15) is 0 Å². The molecule has 1 aliphatic carbocycles. The van der Waals surface area contributed by atoms with Crippen LogP contribution in [0.25, 0.3) is 21.8 Å². The van der Waals surface area contributed by atoms with Gasteiger partial charge in [0.25, 0.3) is 0 Å². The summed E-state index contributed by atoms with van der Waals surface area (Å²) < 4.78 is 0. The summed E-state index contributed by atoms with van der Waals surface area (Å²) in [7, 11) is 0. The van der Waals surface area contributed by atoms with Crippen LogP contribution in [0.5, 0.6) is 0 Å². The highest BCUT2D eigenvalue weighted by Gasteiger charge is 2.34. The SMILES string of the molecule is NC1(c2ccc3[nH]c4cnccc4c3c2)CCC1. The van der Waals surface area contributed by atoms with E-state index < -0.39 is 0 Å². The van der Waals surface area contributed by atoms with Gasteiger partial charge in [-0.1, -0.05) is 6.07 Å². The highest BCUT2D eigenvalue weighted by atomic mass is 14.8. The van der Waals surface area contributed by atoms with Crippen LogP contribution in [0.1, 0.15) is 24.8 Å². The fourth-order valence-electron chi connectivity index (χ4n) is 2.91. The first-order chi connectivity index (χ1) is 8.76. The van der Waals surface area contributed by atoms with Gasteiger partial charge in [0.1, 0.15) is 0 Å². The van der Waals surface area contributed by atoms with Crippen LogP contribution in [0.4, 0.5) is 0 Å². The van der Waals surface area contributed by atoms with Crippen LogP contribution in [0, 0.1) is 0 Å². The zero-order chi connectivity index (χ0) is 12.2. The Morgan fingerprint density at radius 1 is 1.11 bits per heavy atom. The van der Waals surface area contributed by atoms with Gasteiger partial charge in [-0.05, 0) is 43.0 Å². The standard InChI is InChI=1S/C15H15N3/c16-15(5-1-6-15)10-2-3-13-12(8-10)11-4-7-17-9-14(11)18-13/h2-4,7-9,18H,1,5-6,16H2. The van der Waals surface area contributed by atoms with Gasteiger partial charge in [-0.25, -0.2) is 0 Å². The maximum atomic E-state index is 6.41. The molecule has 3 nitrogen and oxygen atoms in total. The molecule has 0 unspecified atom stereocenters. The number of nitrogens with one attached hydrogen (secondary N) is 1. The smallest absolute Gasteiger partial charge is 0.0651 e. The van der Waals surface area contributed by atoms with E-state index in [0.717, 1.165) is 23.9 Å². The monoisotopic (exact) mass is 237 g/mol. The van der Waals surface area contributed by atoms with Gasteiger partial charge >= 0.3 is 0 Å². The van der Waals surface area contributed by atoms with Gasteiger partial charge in [0.05, 0.1) is 11.7 Å². The van der Waals surface area contributed by atoms with E-state index in [0.29, 0.717) is 0 Å². The van der Waals surface area contributed by atoms with Gasteiger partial charge in [0.15, 0.2) is 0 Å². The lowest BCUT2D eigenvalue weighted by molar-refractivity contribution is 0.254. The van der Waals surface area contributed by atoms with Gasteiger partial charge in [-0.15, -0.1) is 0 Å². The Morgan fingerprint density at radius 3 is 2.78 bits per heavy atom. The van der Waals surface area contributed by atoms with Crippen molar-refractivity contribution < 1.29 is 0 Å². The third kappa shape index (κ3) is 1.25. The predicted octanol–water partition coefficient (Wildman–Crippen LogP) is 3.05.